The highest BCUT2D eigenvalue weighted by Gasteiger charge is 2.44. The van der Waals surface area contributed by atoms with Crippen LogP contribution in [-0.4, -0.2) is 35.7 Å². The smallest absolute Gasteiger partial charge is 0.410 e. The van der Waals surface area contributed by atoms with Gasteiger partial charge in [-0.15, -0.1) is 0 Å². The molecule has 1 saturated heterocycles. The van der Waals surface area contributed by atoms with Crippen LogP contribution < -0.4 is 0 Å². The van der Waals surface area contributed by atoms with Gasteiger partial charge in [-0.2, -0.15) is 0 Å². The Hall–Kier alpha value is -2.11. The van der Waals surface area contributed by atoms with Gasteiger partial charge in [0.1, 0.15) is 11.4 Å². The molecule has 0 N–H and O–H groups in total. The Bertz CT molecular complexity index is 653. The highest BCUT2D eigenvalue weighted by Crippen LogP contribution is 2.40. The van der Waals surface area contributed by atoms with Crippen LogP contribution in [0, 0.1) is 18.7 Å². The quantitative estimate of drug-likeness (QED) is 0.773. The van der Waals surface area contributed by atoms with E-state index in [-0.39, 0.29) is 18.4 Å². The van der Waals surface area contributed by atoms with Crippen LogP contribution in [0.5, 0.6) is 0 Å². The molecule has 0 radical (unpaired) electrons. The molecule has 0 aromatic heterocycles. The Morgan fingerprint density at radius 3 is 2.56 bits per heavy atom. The van der Waals surface area contributed by atoms with E-state index in [0.717, 1.165) is 5.56 Å². The number of halogens is 1. The summed E-state index contributed by atoms with van der Waals surface area (Å²) in [5.41, 5.74) is 0.791. The molecule has 1 aliphatic rings. The average molecular weight is 351 g/mol. The van der Waals surface area contributed by atoms with Crippen LogP contribution in [0.15, 0.2) is 18.2 Å². The van der Waals surface area contributed by atoms with E-state index >= 15 is 0 Å². The average Bonchev–Trinajstić information content (AvgIpc) is 2.90. The number of amides is 1. The van der Waals surface area contributed by atoms with Crippen molar-refractivity contribution >= 4 is 12.1 Å². The van der Waals surface area contributed by atoms with Crippen molar-refractivity contribution in [3.8, 4) is 0 Å². The Kier molecular flexibility index (Phi) is 5.70. The van der Waals surface area contributed by atoms with Gasteiger partial charge in [-0.3, -0.25) is 4.79 Å². The Labute approximate surface area is 148 Å². The minimum Gasteiger partial charge on any atom is -0.466 e. The van der Waals surface area contributed by atoms with Crippen molar-refractivity contribution in [3.05, 3.63) is 35.1 Å². The predicted octanol–water partition coefficient (Wildman–Crippen LogP) is 4.00. The number of hydrogen-bond acceptors (Lipinski definition) is 4. The highest BCUT2D eigenvalue weighted by molar-refractivity contribution is 5.77. The second kappa shape index (κ2) is 7.42. The fourth-order valence-electron chi connectivity index (χ4n) is 3.17. The van der Waals surface area contributed by atoms with E-state index in [4.69, 9.17) is 9.47 Å². The van der Waals surface area contributed by atoms with Crippen LogP contribution in [0.2, 0.25) is 0 Å². The molecule has 1 aromatic rings. The van der Waals surface area contributed by atoms with Crippen molar-refractivity contribution in [2.24, 2.45) is 5.92 Å². The van der Waals surface area contributed by atoms with Gasteiger partial charge in [0.2, 0.25) is 0 Å². The third kappa shape index (κ3) is 4.50. The number of nitrogens with zero attached hydrogens (tertiary/aromatic N) is 1. The van der Waals surface area contributed by atoms with Gasteiger partial charge in [-0.05, 0) is 64.3 Å². The maximum atomic E-state index is 13.5. The first kappa shape index (κ1) is 19.2. The Morgan fingerprint density at radius 1 is 1.32 bits per heavy atom. The zero-order chi connectivity index (χ0) is 18.8. The van der Waals surface area contributed by atoms with Gasteiger partial charge in [0.25, 0.3) is 0 Å². The molecule has 1 fully saturated rings. The molecule has 25 heavy (non-hydrogen) atoms. The van der Waals surface area contributed by atoms with E-state index in [2.05, 4.69) is 0 Å². The molecular formula is C19H26FNO4. The minimum absolute atomic E-state index is 0.275. The number of esters is 1. The number of rotatable bonds is 3. The van der Waals surface area contributed by atoms with E-state index in [1.165, 1.54) is 12.1 Å². The largest absolute Gasteiger partial charge is 0.466 e. The van der Waals surface area contributed by atoms with E-state index in [0.29, 0.717) is 18.5 Å². The molecule has 1 aliphatic heterocycles. The fraction of sp³-hybridized carbons (Fsp3) is 0.579. The number of ether oxygens (including phenoxy) is 2. The molecule has 0 bridgehead atoms. The third-order valence-electron chi connectivity index (χ3n) is 4.17. The molecule has 1 heterocycles. The second-order valence-electron chi connectivity index (χ2n) is 7.27. The molecule has 0 spiro atoms. The maximum Gasteiger partial charge on any atom is 0.410 e. The van der Waals surface area contributed by atoms with Crippen LogP contribution >= 0.6 is 0 Å². The van der Waals surface area contributed by atoms with Gasteiger partial charge in [0, 0.05) is 6.54 Å². The van der Waals surface area contributed by atoms with E-state index in [1.54, 1.807) is 45.6 Å². The summed E-state index contributed by atoms with van der Waals surface area (Å²) in [4.78, 5) is 26.6. The summed E-state index contributed by atoms with van der Waals surface area (Å²) < 4.78 is 24.2. The number of benzene rings is 1. The first-order valence-electron chi connectivity index (χ1n) is 8.56. The van der Waals surface area contributed by atoms with Crippen molar-refractivity contribution in [2.45, 2.75) is 52.7 Å². The van der Waals surface area contributed by atoms with Crippen molar-refractivity contribution in [1.82, 2.24) is 4.90 Å². The molecule has 0 aliphatic carbocycles. The van der Waals surface area contributed by atoms with E-state index < -0.39 is 23.7 Å². The first-order chi connectivity index (χ1) is 11.6. The molecular weight excluding hydrogens is 325 g/mol. The predicted molar refractivity (Wildman–Crippen MR) is 91.6 cm³/mol. The molecule has 138 valence electrons. The topological polar surface area (TPSA) is 55.8 Å². The first-order valence-corrected chi connectivity index (χ1v) is 8.56. The van der Waals surface area contributed by atoms with Gasteiger partial charge in [0.05, 0.1) is 18.6 Å². The maximum absolute atomic E-state index is 13.5. The lowest BCUT2D eigenvalue weighted by molar-refractivity contribution is -0.148. The molecule has 1 amide bonds. The third-order valence-corrected chi connectivity index (χ3v) is 4.17. The fourth-order valence-corrected chi connectivity index (χ4v) is 3.17. The van der Waals surface area contributed by atoms with Gasteiger partial charge < -0.3 is 14.4 Å². The number of carbonyl (C=O) groups is 2. The second-order valence-corrected chi connectivity index (χ2v) is 7.27. The Morgan fingerprint density at radius 2 is 2.00 bits per heavy atom. The lowest BCUT2D eigenvalue weighted by Crippen LogP contribution is -2.38. The summed E-state index contributed by atoms with van der Waals surface area (Å²) in [5.74, 6) is -1.19. The van der Waals surface area contributed by atoms with Crippen molar-refractivity contribution in [2.75, 3.05) is 13.2 Å². The molecule has 6 heteroatoms. The molecule has 2 rings (SSSR count). The molecule has 2 atom stereocenters. The number of hydrogen-bond donors (Lipinski definition) is 0. The van der Waals surface area contributed by atoms with Crippen LogP contribution in [0.25, 0.3) is 0 Å². The zero-order valence-corrected chi connectivity index (χ0v) is 15.5. The van der Waals surface area contributed by atoms with Crippen LogP contribution in [-0.2, 0) is 14.3 Å². The number of aryl methyl sites for hydroxylation is 1. The molecule has 5 nitrogen and oxygen atoms in total. The summed E-state index contributed by atoms with van der Waals surface area (Å²) in [5, 5.41) is 0. The van der Waals surface area contributed by atoms with Crippen LogP contribution in [0.1, 0.15) is 51.3 Å². The summed E-state index contributed by atoms with van der Waals surface area (Å²) in [6.07, 6.45) is 0.00699. The highest BCUT2D eigenvalue weighted by atomic mass is 19.1. The number of likely N-dealkylation sites (tertiary alicyclic amines) is 1. The Balaban J connectivity index is 2.39. The minimum atomic E-state index is -0.637. The SMILES string of the molecule is CCOC(=O)[C@@H]1CCN(C(=O)OC(C)(C)C)[C@H]1c1ccc(F)cc1C. The lowest BCUT2D eigenvalue weighted by Gasteiger charge is -2.31. The van der Waals surface area contributed by atoms with E-state index in [1.807, 2.05) is 0 Å². The summed E-state index contributed by atoms with van der Waals surface area (Å²) in [7, 11) is 0. The van der Waals surface area contributed by atoms with Crippen molar-refractivity contribution in [1.29, 1.82) is 0 Å². The standard InChI is InChI=1S/C19H26FNO4/c1-6-24-17(22)15-9-10-21(18(23)25-19(3,4)5)16(15)14-8-7-13(20)11-12(14)2/h7-8,11,15-16H,6,9-10H2,1-5H3/t15-,16+/m1/s1. The van der Waals surface area contributed by atoms with Gasteiger partial charge >= 0.3 is 12.1 Å². The molecule has 0 saturated carbocycles. The van der Waals surface area contributed by atoms with Crippen molar-refractivity contribution < 1.29 is 23.5 Å². The van der Waals surface area contributed by atoms with Gasteiger partial charge in [0.15, 0.2) is 0 Å². The lowest BCUT2D eigenvalue weighted by atomic mass is 9.91. The summed E-state index contributed by atoms with van der Waals surface area (Å²) in [6, 6.07) is 3.86. The monoisotopic (exact) mass is 351 g/mol. The molecule has 0 unspecified atom stereocenters. The normalized spacial score (nSPS) is 20.5. The summed E-state index contributed by atoms with van der Waals surface area (Å²) >= 11 is 0. The number of carbonyl (C=O) groups excluding carboxylic acids is 2. The van der Waals surface area contributed by atoms with Crippen molar-refractivity contribution in [3.63, 3.8) is 0 Å². The van der Waals surface area contributed by atoms with Crippen LogP contribution in [0.4, 0.5) is 9.18 Å². The van der Waals surface area contributed by atoms with Crippen LogP contribution in [0.3, 0.4) is 0 Å². The molecule has 1 aromatic carbocycles. The van der Waals surface area contributed by atoms with Gasteiger partial charge in [-0.1, -0.05) is 6.07 Å². The van der Waals surface area contributed by atoms with E-state index in [9.17, 15) is 14.0 Å². The summed E-state index contributed by atoms with van der Waals surface area (Å²) in [6.45, 7) is 9.56. The zero-order valence-electron chi connectivity index (χ0n) is 15.5. The van der Waals surface area contributed by atoms with Gasteiger partial charge in [-0.25, -0.2) is 9.18 Å².